The molecule has 104 valence electrons. The lowest BCUT2D eigenvalue weighted by Gasteiger charge is -2.16. The summed E-state index contributed by atoms with van der Waals surface area (Å²) in [4.78, 5) is 11.7. The Bertz CT molecular complexity index is 295. The van der Waals surface area contributed by atoms with E-state index in [4.69, 9.17) is 0 Å². The average Bonchev–Trinajstić information content (AvgIpc) is 3.03. The Balaban J connectivity index is 1.63. The fourth-order valence-electron chi connectivity index (χ4n) is 2.53. The van der Waals surface area contributed by atoms with Crippen LogP contribution in [0.25, 0.3) is 0 Å². The van der Waals surface area contributed by atoms with Gasteiger partial charge in [-0.1, -0.05) is 6.92 Å². The molecule has 0 aromatic rings. The molecule has 0 aliphatic heterocycles. The van der Waals surface area contributed by atoms with E-state index < -0.39 is 0 Å². The largest absolute Gasteiger partial charge is 0.396 e. The van der Waals surface area contributed by atoms with Crippen LogP contribution in [0.3, 0.4) is 0 Å². The van der Waals surface area contributed by atoms with Crippen molar-refractivity contribution in [1.82, 2.24) is 10.6 Å². The number of aliphatic hydroxyl groups excluding tert-OH is 1. The van der Waals surface area contributed by atoms with E-state index in [1.165, 1.54) is 6.42 Å². The molecule has 2 unspecified atom stereocenters. The van der Waals surface area contributed by atoms with Crippen LogP contribution < -0.4 is 10.6 Å². The normalized spacial score (nSPS) is 29.0. The molecule has 5 heteroatoms. The highest BCUT2D eigenvalue weighted by molar-refractivity contribution is 7.99. The summed E-state index contributed by atoms with van der Waals surface area (Å²) < 4.78 is 0. The first-order chi connectivity index (χ1) is 8.67. The van der Waals surface area contributed by atoms with E-state index in [1.54, 1.807) is 0 Å². The van der Waals surface area contributed by atoms with Crippen LogP contribution in [-0.4, -0.2) is 41.3 Å². The SMILES string of the molecule is CCSC1CCC(NC(=O)NCC2(CO)CC2)C1. The third-order valence-electron chi connectivity index (χ3n) is 4.04. The molecule has 18 heavy (non-hydrogen) atoms. The van der Waals surface area contributed by atoms with Crippen molar-refractivity contribution in [2.45, 2.75) is 50.3 Å². The van der Waals surface area contributed by atoms with Crippen molar-refractivity contribution in [3.8, 4) is 0 Å². The molecular formula is C13H24N2O2S. The molecule has 2 rings (SSSR count). The van der Waals surface area contributed by atoms with Gasteiger partial charge in [-0.3, -0.25) is 0 Å². The van der Waals surface area contributed by atoms with Gasteiger partial charge in [0.25, 0.3) is 0 Å². The summed E-state index contributed by atoms with van der Waals surface area (Å²) in [5.41, 5.74) is -0.00634. The predicted molar refractivity (Wildman–Crippen MR) is 74.8 cm³/mol. The van der Waals surface area contributed by atoms with Crippen molar-refractivity contribution in [2.24, 2.45) is 5.41 Å². The molecule has 0 radical (unpaired) electrons. The lowest BCUT2D eigenvalue weighted by atomic mass is 10.1. The number of urea groups is 1. The van der Waals surface area contributed by atoms with Gasteiger partial charge in [-0.2, -0.15) is 11.8 Å². The molecule has 0 bridgehead atoms. The van der Waals surface area contributed by atoms with Crippen LogP contribution in [0.1, 0.15) is 39.0 Å². The molecule has 2 fully saturated rings. The zero-order valence-corrected chi connectivity index (χ0v) is 11.9. The molecule has 0 heterocycles. The minimum Gasteiger partial charge on any atom is -0.396 e. The van der Waals surface area contributed by atoms with Crippen molar-refractivity contribution in [3.63, 3.8) is 0 Å². The van der Waals surface area contributed by atoms with Gasteiger partial charge in [0.2, 0.25) is 0 Å². The zero-order chi connectivity index (χ0) is 13.0. The summed E-state index contributed by atoms with van der Waals surface area (Å²) >= 11 is 2.00. The van der Waals surface area contributed by atoms with Gasteiger partial charge in [-0.15, -0.1) is 0 Å². The standard InChI is InChI=1S/C13H24N2O2S/c1-2-18-11-4-3-10(7-11)15-12(17)14-8-13(9-16)5-6-13/h10-11,16H,2-9H2,1H3,(H2,14,15,17). The quantitative estimate of drug-likeness (QED) is 0.690. The number of thioether (sulfide) groups is 1. The van der Waals surface area contributed by atoms with Crippen molar-refractivity contribution in [1.29, 1.82) is 0 Å². The molecule has 2 atom stereocenters. The maximum atomic E-state index is 11.7. The average molecular weight is 272 g/mol. The van der Waals surface area contributed by atoms with E-state index in [1.807, 2.05) is 11.8 Å². The van der Waals surface area contributed by atoms with E-state index in [0.717, 1.165) is 31.4 Å². The molecule has 4 nitrogen and oxygen atoms in total. The Morgan fingerprint density at radius 3 is 2.83 bits per heavy atom. The van der Waals surface area contributed by atoms with Crippen LogP contribution in [-0.2, 0) is 0 Å². The molecule has 2 amide bonds. The van der Waals surface area contributed by atoms with E-state index in [2.05, 4.69) is 17.6 Å². The van der Waals surface area contributed by atoms with Gasteiger partial charge in [-0.05, 0) is 37.9 Å². The van der Waals surface area contributed by atoms with Crippen LogP contribution in [0.2, 0.25) is 0 Å². The van der Waals surface area contributed by atoms with Crippen LogP contribution in [0.4, 0.5) is 4.79 Å². The van der Waals surface area contributed by atoms with Crippen molar-refractivity contribution < 1.29 is 9.90 Å². The molecule has 0 aromatic carbocycles. The fraction of sp³-hybridized carbons (Fsp3) is 0.923. The van der Waals surface area contributed by atoms with Crippen LogP contribution in [0, 0.1) is 5.41 Å². The number of hydrogen-bond acceptors (Lipinski definition) is 3. The Kier molecular flexibility index (Phi) is 4.78. The van der Waals surface area contributed by atoms with Gasteiger partial charge in [0.05, 0.1) is 6.61 Å². The number of carbonyl (C=O) groups is 1. The topological polar surface area (TPSA) is 61.4 Å². The Morgan fingerprint density at radius 2 is 2.22 bits per heavy atom. The molecule has 2 aliphatic carbocycles. The van der Waals surface area contributed by atoms with Gasteiger partial charge < -0.3 is 15.7 Å². The number of nitrogens with one attached hydrogen (secondary N) is 2. The van der Waals surface area contributed by atoms with Gasteiger partial charge in [0.15, 0.2) is 0 Å². The summed E-state index contributed by atoms with van der Waals surface area (Å²) in [6.07, 6.45) is 5.46. The first-order valence-corrected chi connectivity index (χ1v) is 7.99. The summed E-state index contributed by atoms with van der Waals surface area (Å²) in [6, 6.07) is 0.264. The highest BCUT2D eigenvalue weighted by Gasteiger charge is 2.42. The van der Waals surface area contributed by atoms with Crippen molar-refractivity contribution in [3.05, 3.63) is 0 Å². The minimum absolute atomic E-state index is 0.00634. The Morgan fingerprint density at radius 1 is 1.44 bits per heavy atom. The Hall–Kier alpha value is -0.420. The molecule has 0 spiro atoms. The van der Waals surface area contributed by atoms with Crippen molar-refractivity contribution >= 4 is 17.8 Å². The van der Waals surface area contributed by atoms with Crippen LogP contribution in [0.5, 0.6) is 0 Å². The Labute approximate surface area is 113 Å². The molecule has 0 aromatic heterocycles. The number of carbonyl (C=O) groups excluding carboxylic acids is 1. The lowest BCUT2D eigenvalue weighted by molar-refractivity contribution is 0.202. The second-order valence-electron chi connectivity index (χ2n) is 5.57. The van der Waals surface area contributed by atoms with Crippen molar-refractivity contribution in [2.75, 3.05) is 18.9 Å². The van der Waals surface area contributed by atoms with E-state index >= 15 is 0 Å². The number of aliphatic hydroxyl groups is 1. The third kappa shape index (κ3) is 3.79. The van der Waals surface area contributed by atoms with E-state index in [-0.39, 0.29) is 18.1 Å². The smallest absolute Gasteiger partial charge is 0.315 e. The summed E-state index contributed by atoms with van der Waals surface area (Å²) in [7, 11) is 0. The molecule has 2 aliphatic rings. The van der Waals surface area contributed by atoms with E-state index in [9.17, 15) is 9.90 Å². The molecule has 0 saturated heterocycles. The molecule has 2 saturated carbocycles. The fourth-order valence-corrected chi connectivity index (χ4v) is 3.67. The first kappa shape index (κ1) is 14.0. The third-order valence-corrected chi connectivity index (χ3v) is 5.27. The maximum Gasteiger partial charge on any atom is 0.315 e. The first-order valence-electron chi connectivity index (χ1n) is 6.94. The molecular weight excluding hydrogens is 248 g/mol. The highest BCUT2D eigenvalue weighted by Crippen LogP contribution is 2.44. The monoisotopic (exact) mass is 272 g/mol. The summed E-state index contributed by atoms with van der Waals surface area (Å²) in [5.74, 6) is 1.16. The van der Waals surface area contributed by atoms with E-state index in [0.29, 0.717) is 17.8 Å². The van der Waals surface area contributed by atoms with Gasteiger partial charge in [0, 0.05) is 23.3 Å². The maximum absolute atomic E-state index is 11.7. The highest BCUT2D eigenvalue weighted by atomic mass is 32.2. The van der Waals surface area contributed by atoms with Gasteiger partial charge >= 0.3 is 6.03 Å². The lowest BCUT2D eigenvalue weighted by Crippen LogP contribution is -2.43. The summed E-state index contributed by atoms with van der Waals surface area (Å²) in [6.45, 7) is 2.98. The van der Waals surface area contributed by atoms with Gasteiger partial charge in [-0.25, -0.2) is 4.79 Å². The molecule has 3 N–H and O–H groups in total. The second-order valence-corrected chi connectivity index (χ2v) is 7.15. The van der Waals surface area contributed by atoms with Crippen LogP contribution in [0.15, 0.2) is 0 Å². The second kappa shape index (κ2) is 6.15. The summed E-state index contributed by atoms with van der Waals surface area (Å²) in [5, 5.41) is 15.8. The number of hydrogen-bond donors (Lipinski definition) is 3. The zero-order valence-electron chi connectivity index (χ0n) is 11.1. The number of amides is 2. The minimum atomic E-state index is -0.0677. The predicted octanol–water partition coefficient (Wildman–Crippen LogP) is 1.73. The van der Waals surface area contributed by atoms with Crippen LogP contribution >= 0.6 is 11.8 Å². The van der Waals surface area contributed by atoms with Gasteiger partial charge in [0.1, 0.15) is 0 Å². The number of rotatable bonds is 6.